The molecule has 0 saturated carbocycles. The zero-order valence-corrected chi connectivity index (χ0v) is 50.2. The van der Waals surface area contributed by atoms with E-state index in [9.17, 15) is 0 Å². The van der Waals surface area contributed by atoms with Gasteiger partial charge in [-0.1, -0.05) is 255 Å². The van der Waals surface area contributed by atoms with Gasteiger partial charge >= 0.3 is 0 Å². The first kappa shape index (κ1) is 58.1. The maximum atomic E-state index is 5.70. The molecule has 0 spiro atoms. The van der Waals surface area contributed by atoms with Gasteiger partial charge in [-0.15, -0.1) is 0 Å². The van der Waals surface area contributed by atoms with Crippen molar-refractivity contribution in [1.82, 2.24) is 19.9 Å². The Balaban J connectivity index is 1.28. The lowest BCUT2D eigenvalue weighted by Crippen LogP contribution is -2.03. The quantitative estimate of drug-likeness (QED) is 0.0514. The number of rotatable bonds is 28. The summed E-state index contributed by atoms with van der Waals surface area (Å²) in [6.07, 6.45) is 33.5. The van der Waals surface area contributed by atoms with Gasteiger partial charge in [-0.2, -0.15) is 0 Å². The fourth-order valence-corrected chi connectivity index (χ4v) is 12.8. The first-order valence-electron chi connectivity index (χ1n) is 31.8. The number of hydrogen-bond donors (Lipinski definition) is 2. The van der Waals surface area contributed by atoms with E-state index in [0.717, 1.165) is 115 Å². The summed E-state index contributed by atoms with van der Waals surface area (Å²) in [5.74, 6) is 2.79. The van der Waals surface area contributed by atoms with Crippen molar-refractivity contribution in [3.05, 3.63) is 166 Å². The number of nitrogens with one attached hydrogen (secondary N) is 2. The highest BCUT2D eigenvalue weighted by molar-refractivity contribution is 5.99. The molecule has 2 aliphatic heterocycles. The fraction of sp³-hybridized carbons (Fsp3) is 0.421. The second-order valence-corrected chi connectivity index (χ2v) is 23.8. The zero-order valence-electron chi connectivity index (χ0n) is 50.2. The normalized spacial score (nSPS) is 13.7. The van der Waals surface area contributed by atoms with Gasteiger partial charge in [-0.05, 0) is 142 Å². The Bertz CT molecular complexity index is 2870. The number of aromatic nitrogens is 4. The summed E-state index contributed by atoms with van der Waals surface area (Å²) in [6.45, 7) is 18.6. The van der Waals surface area contributed by atoms with Crippen LogP contribution in [0.2, 0.25) is 0 Å². The third-order valence-electron chi connectivity index (χ3n) is 18.0. The Labute approximate surface area is 482 Å². The van der Waals surface area contributed by atoms with E-state index in [2.05, 4.69) is 211 Å². The van der Waals surface area contributed by atoms with Crippen LogP contribution in [0.25, 0.3) is 90.9 Å². The number of aromatic amines is 2. The summed E-state index contributed by atoms with van der Waals surface area (Å²) in [5, 5.41) is 0. The average Bonchev–Trinajstić information content (AvgIpc) is 4.42. The summed E-state index contributed by atoms with van der Waals surface area (Å²) < 4.78 is 0. The average molecular weight is 1060 g/mol. The van der Waals surface area contributed by atoms with Crippen LogP contribution < -0.4 is 0 Å². The van der Waals surface area contributed by atoms with Gasteiger partial charge in [0.1, 0.15) is 0 Å². The van der Waals surface area contributed by atoms with Crippen LogP contribution in [0, 0.1) is 23.7 Å². The van der Waals surface area contributed by atoms with E-state index in [-0.39, 0.29) is 0 Å². The van der Waals surface area contributed by atoms with E-state index in [4.69, 9.17) is 9.97 Å². The summed E-state index contributed by atoms with van der Waals surface area (Å²) >= 11 is 0. The Morgan fingerprint density at radius 1 is 0.287 bits per heavy atom. The van der Waals surface area contributed by atoms with Crippen LogP contribution in [0.1, 0.15) is 203 Å². The maximum Gasteiger partial charge on any atom is 0.0737 e. The highest BCUT2D eigenvalue weighted by Crippen LogP contribution is 2.40. The SMILES string of the molecule is CCCCC(CC)Cc1ccc(-c2c3nc(c(-c4ccc(CC(CC)CCCC)cc4)c4ccc([nH]4)c(-c4ccc(CC(CC)CCCC)cc4)c4nc(c(-c5ccc(CC(CC)CCCC)cc5)c5ccc2[nH]5)C=C4)C=C3)cc1. The van der Waals surface area contributed by atoms with E-state index in [1.807, 2.05) is 0 Å². The highest BCUT2D eigenvalue weighted by atomic mass is 14.8. The van der Waals surface area contributed by atoms with Crippen molar-refractivity contribution in [2.24, 2.45) is 23.7 Å². The smallest absolute Gasteiger partial charge is 0.0737 e. The van der Waals surface area contributed by atoms with Crippen molar-refractivity contribution in [2.75, 3.05) is 0 Å². The fourth-order valence-electron chi connectivity index (χ4n) is 12.8. The van der Waals surface area contributed by atoms with Gasteiger partial charge in [0, 0.05) is 44.3 Å². The van der Waals surface area contributed by atoms with Gasteiger partial charge in [0.2, 0.25) is 0 Å². The molecule has 4 heteroatoms. The Morgan fingerprint density at radius 3 is 0.688 bits per heavy atom. The molecule has 4 nitrogen and oxygen atoms in total. The first-order valence-corrected chi connectivity index (χ1v) is 31.8. The second-order valence-electron chi connectivity index (χ2n) is 23.8. The van der Waals surface area contributed by atoms with Crippen molar-refractivity contribution < 1.29 is 0 Å². The number of H-pyrrole nitrogens is 2. The Hall–Kier alpha value is -6.52. The highest BCUT2D eigenvalue weighted by Gasteiger charge is 2.21. The summed E-state index contributed by atoms with van der Waals surface area (Å²) in [4.78, 5) is 19.5. The molecule has 0 fully saturated rings. The number of fused-ring (bicyclic) bond motifs is 8. The Morgan fingerprint density at radius 2 is 0.500 bits per heavy atom. The molecular formula is C76H94N4. The van der Waals surface area contributed by atoms with Crippen molar-refractivity contribution in [3.63, 3.8) is 0 Å². The lowest BCUT2D eigenvalue weighted by Gasteiger charge is -2.15. The molecule has 0 amide bonds. The molecule has 80 heavy (non-hydrogen) atoms. The van der Waals surface area contributed by atoms with Crippen LogP contribution in [0.15, 0.2) is 121 Å². The summed E-state index contributed by atoms with van der Waals surface area (Å²) in [6, 6.07) is 46.7. The molecule has 0 saturated heterocycles. The standard InChI is InChI=1S/C76H94N4/c1-9-17-21-53(13-5)49-57-25-33-61(34-26-57)73-65-41-43-67(77-65)74(62-35-27-58(28-36-62)50-54(14-6)22-18-10-2)69-45-47-71(79-69)76(64-39-31-60(32-40-64)52-56(16-8)24-20-12-4)72-48-46-70(80-72)75(68-44-42-66(73)78-68)63-37-29-59(30-38-63)51-55(15-7)23-19-11-3/h25-48,53-56,77,80H,9-24,49-52H2,1-8H3. The molecule has 5 heterocycles. The molecule has 9 rings (SSSR count). The topological polar surface area (TPSA) is 57.4 Å². The number of nitrogens with zero attached hydrogens (tertiary/aromatic N) is 2. The largest absolute Gasteiger partial charge is 0.354 e. The molecule has 2 aliphatic rings. The molecule has 0 aliphatic carbocycles. The monoisotopic (exact) mass is 1060 g/mol. The molecule has 4 aromatic carbocycles. The van der Waals surface area contributed by atoms with Gasteiger partial charge < -0.3 is 9.97 Å². The minimum absolute atomic E-state index is 0.697. The van der Waals surface area contributed by atoms with Crippen molar-refractivity contribution in [2.45, 2.75) is 184 Å². The van der Waals surface area contributed by atoms with Gasteiger partial charge in [0.05, 0.1) is 22.8 Å². The van der Waals surface area contributed by atoms with Gasteiger partial charge in [-0.25, -0.2) is 9.97 Å². The molecule has 0 radical (unpaired) electrons. The molecule has 4 atom stereocenters. The van der Waals surface area contributed by atoms with Crippen LogP contribution in [0.4, 0.5) is 0 Å². The molecule has 8 bridgehead atoms. The van der Waals surface area contributed by atoms with Crippen LogP contribution in [0.3, 0.4) is 0 Å². The van der Waals surface area contributed by atoms with Gasteiger partial charge in [-0.3, -0.25) is 0 Å². The summed E-state index contributed by atoms with van der Waals surface area (Å²) in [5.41, 5.74) is 22.5. The van der Waals surface area contributed by atoms with E-state index in [1.54, 1.807) is 0 Å². The van der Waals surface area contributed by atoms with E-state index in [0.29, 0.717) is 23.7 Å². The summed E-state index contributed by atoms with van der Waals surface area (Å²) in [7, 11) is 0. The maximum absolute atomic E-state index is 5.70. The van der Waals surface area contributed by atoms with Gasteiger partial charge in [0.15, 0.2) is 0 Å². The third kappa shape index (κ3) is 14.3. The minimum atomic E-state index is 0.697. The molecule has 418 valence electrons. The molecule has 2 N–H and O–H groups in total. The number of benzene rings is 4. The second kappa shape index (κ2) is 28.8. The van der Waals surface area contributed by atoms with Crippen LogP contribution in [0.5, 0.6) is 0 Å². The van der Waals surface area contributed by atoms with E-state index >= 15 is 0 Å². The predicted octanol–water partition coefficient (Wildman–Crippen LogP) is 22.4. The molecule has 3 aromatic heterocycles. The van der Waals surface area contributed by atoms with Crippen molar-refractivity contribution in [3.8, 4) is 44.5 Å². The lowest BCUT2D eigenvalue weighted by molar-refractivity contribution is 0.449. The molecule has 4 unspecified atom stereocenters. The Kier molecular flexibility index (Phi) is 20.9. The van der Waals surface area contributed by atoms with Crippen molar-refractivity contribution >= 4 is 46.4 Å². The van der Waals surface area contributed by atoms with Crippen molar-refractivity contribution in [1.29, 1.82) is 0 Å². The minimum Gasteiger partial charge on any atom is -0.354 e. The van der Waals surface area contributed by atoms with Crippen LogP contribution >= 0.6 is 0 Å². The molecular weight excluding hydrogens is 969 g/mol. The van der Waals surface area contributed by atoms with Crippen LogP contribution in [-0.2, 0) is 25.7 Å². The lowest BCUT2D eigenvalue weighted by atomic mass is 9.91. The first-order chi connectivity index (χ1) is 39.3. The number of unbranched alkanes of at least 4 members (excludes halogenated alkanes) is 4. The zero-order chi connectivity index (χ0) is 55.8. The van der Waals surface area contributed by atoms with Crippen LogP contribution in [-0.4, -0.2) is 19.9 Å². The van der Waals surface area contributed by atoms with Gasteiger partial charge in [0.25, 0.3) is 0 Å². The number of hydrogen-bond acceptors (Lipinski definition) is 2. The third-order valence-corrected chi connectivity index (χ3v) is 18.0. The molecule has 7 aromatic rings. The van der Waals surface area contributed by atoms with E-state index < -0.39 is 0 Å². The predicted molar refractivity (Wildman–Crippen MR) is 349 cm³/mol. The van der Waals surface area contributed by atoms with E-state index in [1.165, 1.54) is 125 Å².